The normalized spacial score (nSPS) is 11.8. The van der Waals surface area contributed by atoms with Crippen molar-refractivity contribution in [1.82, 2.24) is 4.57 Å². The zero-order valence-corrected chi connectivity index (χ0v) is 35.1. The molecule has 2 nitrogen and oxygen atoms in total. The lowest BCUT2D eigenvalue weighted by molar-refractivity contribution is 1.18. The standard InChI is InChI=1S/C60H38N2S/c1-4-18-48-40(13-1)31-36-55-54-24-12-23-49(59(54)63-60(48)55)41-29-34-45(35-30-41)61(58-38-43-14-2-3-17-47(43)50-19-5-6-20-51(50)58)44-32-27-39(28-33-44)42-15-11-16-46(37-42)62-56-25-9-7-21-52(56)53-22-8-10-26-57(53)62/h1-38H. The maximum Gasteiger partial charge on any atom is 0.0546 e. The first kappa shape index (κ1) is 35.7. The molecule has 13 rings (SSSR count). The van der Waals surface area contributed by atoms with Crippen LogP contribution in [0, 0.1) is 0 Å². The second-order valence-corrected chi connectivity index (χ2v) is 17.5. The molecule has 0 fully saturated rings. The first-order valence-corrected chi connectivity index (χ1v) is 22.4. The number of nitrogens with zero attached hydrogens (tertiary/aromatic N) is 2. The van der Waals surface area contributed by atoms with Crippen molar-refractivity contribution < 1.29 is 0 Å². The molecular weight excluding hydrogens is 781 g/mol. The third kappa shape index (κ3) is 5.71. The Hall–Kier alpha value is -7.98. The molecular formula is C60H38N2S. The lowest BCUT2D eigenvalue weighted by Crippen LogP contribution is -2.10. The summed E-state index contributed by atoms with van der Waals surface area (Å²) in [4.78, 5) is 2.43. The van der Waals surface area contributed by atoms with Crippen LogP contribution in [-0.2, 0) is 0 Å². The molecule has 0 bridgehead atoms. The molecule has 0 saturated carbocycles. The van der Waals surface area contributed by atoms with Gasteiger partial charge in [-0.3, -0.25) is 0 Å². The fraction of sp³-hybridized carbons (Fsp3) is 0. The average Bonchev–Trinajstić information content (AvgIpc) is 3.91. The van der Waals surface area contributed by atoms with Crippen LogP contribution in [0.2, 0.25) is 0 Å². The van der Waals surface area contributed by atoms with Crippen molar-refractivity contribution in [3.8, 4) is 27.9 Å². The van der Waals surface area contributed by atoms with Crippen molar-refractivity contribution in [3.63, 3.8) is 0 Å². The molecule has 3 heteroatoms. The molecule has 0 amide bonds. The number of rotatable bonds is 6. The summed E-state index contributed by atoms with van der Waals surface area (Å²) in [5.41, 5.74) is 11.8. The molecule has 2 heterocycles. The van der Waals surface area contributed by atoms with Crippen LogP contribution < -0.4 is 4.90 Å². The monoisotopic (exact) mass is 818 g/mol. The topological polar surface area (TPSA) is 8.17 Å². The Bertz CT molecular complexity index is 3860. The van der Waals surface area contributed by atoms with Crippen LogP contribution in [0.5, 0.6) is 0 Å². The highest BCUT2D eigenvalue weighted by Gasteiger charge is 2.19. The fourth-order valence-corrected chi connectivity index (χ4v) is 11.4. The van der Waals surface area contributed by atoms with E-state index in [1.165, 1.54) is 96.5 Å². The van der Waals surface area contributed by atoms with Crippen molar-refractivity contribution in [1.29, 1.82) is 0 Å². The molecule has 0 atom stereocenters. The highest BCUT2D eigenvalue weighted by atomic mass is 32.1. The molecule has 0 aliphatic carbocycles. The predicted molar refractivity (Wildman–Crippen MR) is 272 cm³/mol. The minimum Gasteiger partial charge on any atom is -0.310 e. The maximum atomic E-state index is 2.43. The Balaban J connectivity index is 0.937. The van der Waals surface area contributed by atoms with E-state index in [0.717, 1.165) is 22.7 Å². The van der Waals surface area contributed by atoms with E-state index in [4.69, 9.17) is 0 Å². The molecule has 0 aliphatic rings. The minimum atomic E-state index is 1.10. The van der Waals surface area contributed by atoms with Gasteiger partial charge in [-0.05, 0) is 104 Å². The summed E-state index contributed by atoms with van der Waals surface area (Å²) >= 11 is 1.91. The van der Waals surface area contributed by atoms with E-state index >= 15 is 0 Å². The first-order chi connectivity index (χ1) is 31.2. The molecule has 2 aromatic heterocycles. The van der Waals surface area contributed by atoms with Crippen LogP contribution >= 0.6 is 11.3 Å². The molecule has 63 heavy (non-hydrogen) atoms. The third-order valence-corrected chi connectivity index (χ3v) is 14.2. The quantitative estimate of drug-likeness (QED) is 0.152. The number of thiophene rings is 1. The van der Waals surface area contributed by atoms with Crippen LogP contribution in [0.1, 0.15) is 0 Å². The lowest BCUT2D eigenvalue weighted by Gasteiger charge is -2.28. The number of anilines is 3. The van der Waals surface area contributed by atoms with Gasteiger partial charge in [-0.1, -0.05) is 176 Å². The fourth-order valence-electron chi connectivity index (χ4n) is 10.0. The van der Waals surface area contributed by atoms with Gasteiger partial charge in [-0.2, -0.15) is 0 Å². The second kappa shape index (κ2) is 14.3. The predicted octanol–water partition coefficient (Wildman–Crippen LogP) is 17.4. The Labute approximate surface area is 368 Å². The lowest BCUT2D eigenvalue weighted by atomic mass is 9.98. The van der Waals surface area contributed by atoms with Crippen molar-refractivity contribution in [2.45, 2.75) is 0 Å². The molecule has 0 aliphatic heterocycles. The van der Waals surface area contributed by atoms with E-state index in [1.807, 2.05) is 11.3 Å². The second-order valence-electron chi connectivity index (χ2n) is 16.5. The van der Waals surface area contributed by atoms with Gasteiger partial charge in [-0.25, -0.2) is 0 Å². The van der Waals surface area contributed by atoms with Gasteiger partial charge in [-0.15, -0.1) is 11.3 Å². The zero-order valence-electron chi connectivity index (χ0n) is 34.2. The van der Waals surface area contributed by atoms with E-state index in [2.05, 4.69) is 240 Å². The summed E-state index contributed by atoms with van der Waals surface area (Å²) in [7, 11) is 0. The number of fused-ring (bicyclic) bond motifs is 11. The van der Waals surface area contributed by atoms with Gasteiger partial charge < -0.3 is 9.47 Å². The minimum absolute atomic E-state index is 1.10. The Morgan fingerprint density at radius 3 is 1.60 bits per heavy atom. The van der Waals surface area contributed by atoms with Crippen molar-refractivity contribution in [2.75, 3.05) is 4.90 Å². The van der Waals surface area contributed by atoms with Crippen LogP contribution in [0.3, 0.4) is 0 Å². The highest BCUT2D eigenvalue weighted by molar-refractivity contribution is 7.27. The number of aromatic nitrogens is 1. The smallest absolute Gasteiger partial charge is 0.0546 e. The van der Waals surface area contributed by atoms with Gasteiger partial charge >= 0.3 is 0 Å². The summed E-state index contributed by atoms with van der Waals surface area (Å²) in [5.74, 6) is 0. The van der Waals surface area contributed by atoms with E-state index in [0.29, 0.717) is 0 Å². The maximum absolute atomic E-state index is 2.43. The summed E-state index contributed by atoms with van der Waals surface area (Å²) in [6.07, 6.45) is 0. The Morgan fingerprint density at radius 1 is 0.317 bits per heavy atom. The third-order valence-electron chi connectivity index (χ3n) is 13.0. The van der Waals surface area contributed by atoms with Crippen LogP contribution in [0.4, 0.5) is 17.1 Å². The van der Waals surface area contributed by atoms with Crippen LogP contribution in [-0.4, -0.2) is 4.57 Å². The van der Waals surface area contributed by atoms with E-state index in [9.17, 15) is 0 Å². The van der Waals surface area contributed by atoms with Crippen LogP contribution in [0.25, 0.3) is 102 Å². The number of hydrogen-bond acceptors (Lipinski definition) is 2. The van der Waals surface area contributed by atoms with E-state index in [1.54, 1.807) is 0 Å². The molecule has 0 saturated heterocycles. The number of benzene rings is 11. The summed E-state index contributed by atoms with van der Waals surface area (Å²) in [6, 6.07) is 84.6. The summed E-state index contributed by atoms with van der Waals surface area (Å²) < 4.78 is 5.07. The van der Waals surface area contributed by atoms with Crippen LogP contribution in [0.15, 0.2) is 231 Å². The van der Waals surface area contributed by atoms with Gasteiger partial charge in [0.15, 0.2) is 0 Å². The first-order valence-electron chi connectivity index (χ1n) is 21.6. The molecule has 0 spiro atoms. The Morgan fingerprint density at radius 2 is 0.873 bits per heavy atom. The number of para-hydroxylation sites is 2. The zero-order chi connectivity index (χ0) is 41.4. The summed E-state index contributed by atoms with van der Waals surface area (Å²) in [5, 5.41) is 12.7. The van der Waals surface area contributed by atoms with Gasteiger partial charge in [0, 0.05) is 53.4 Å². The molecule has 0 N–H and O–H groups in total. The molecule has 0 radical (unpaired) electrons. The van der Waals surface area contributed by atoms with Gasteiger partial charge in [0.1, 0.15) is 0 Å². The highest BCUT2D eigenvalue weighted by Crippen LogP contribution is 2.46. The Kier molecular flexibility index (Phi) is 8.12. The molecule has 11 aromatic carbocycles. The van der Waals surface area contributed by atoms with Crippen molar-refractivity contribution in [2.24, 2.45) is 0 Å². The summed E-state index contributed by atoms with van der Waals surface area (Å²) in [6.45, 7) is 0. The van der Waals surface area contributed by atoms with Crippen molar-refractivity contribution in [3.05, 3.63) is 231 Å². The molecule has 0 unspecified atom stereocenters. The SMILES string of the molecule is c1cc(-c2ccc(N(c3ccc(-c4cccc5c4sc4c6ccccc6ccc54)cc3)c3cc4ccccc4c4ccccc34)cc2)cc(-n2c3ccccc3c3ccccc32)c1. The molecule has 294 valence electrons. The number of hydrogen-bond donors (Lipinski definition) is 0. The average molecular weight is 819 g/mol. The van der Waals surface area contributed by atoms with Gasteiger partial charge in [0.25, 0.3) is 0 Å². The van der Waals surface area contributed by atoms with Gasteiger partial charge in [0.05, 0.1) is 16.7 Å². The van der Waals surface area contributed by atoms with Crippen molar-refractivity contribution >= 4 is 103 Å². The van der Waals surface area contributed by atoms with E-state index in [-0.39, 0.29) is 0 Å². The van der Waals surface area contributed by atoms with E-state index < -0.39 is 0 Å². The largest absolute Gasteiger partial charge is 0.310 e. The molecule has 13 aromatic rings. The van der Waals surface area contributed by atoms with Gasteiger partial charge in [0.2, 0.25) is 0 Å².